The van der Waals surface area contributed by atoms with E-state index in [1.807, 2.05) is 54.3 Å². The minimum absolute atomic E-state index is 0.101. The summed E-state index contributed by atoms with van der Waals surface area (Å²) in [5, 5.41) is 0. The summed E-state index contributed by atoms with van der Waals surface area (Å²) < 4.78 is 5.31. The number of benzene rings is 2. The minimum Gasteiger partial charge on any atom is -0.497 e. The maximum Gasteiger partial charge on any atom is 0.253 e. The van der Waals surface area contributed by atoms with Gasteiger partial charge in [0.1, 0.15) is 17.4 Å². The third-order valence-corrected chi connectivity index (χ3v) is 6.16. The first-order valence-electron chi connectivity index (χ1n) is 11.7. The monoisotopic (exact) mass is 444 g/mol. The summed E-state index contributed by atoms with van der Waals surface area (Å²) >= 11 is 0. The Morgan fingerprint density at radius 2 is 1.73 bits per heavy atom. The zero-order valence-corrected chi connectivity index (χ0v) is 19.8. The number of nitrogens with zero attached hydrogens (tertiary/aromatic N) is 4. The molecule has 0 spiro atoms. The SMILES string of the molecule is CCc1nc(C)nc(N2CCCN(C(=O)c3ccccc3)CC2)c1Cc1ccc(OC)cc1. The van der Waals surface area contributed by atoms with Gasteiger partial charge in [0, 0.05) is 49.4 Å². The van der Waals surface area contributed by atoms with Crippen LogP contribution < -0.4 is 9.64 Å². The van der Waals surface area contributed by atoms with Gasteiger partial charge < -0.3 is 14.5 Å². The van der Waals surface area contributed by atoms with Crippen molar-refractivity contribution in [2.45, 2.75) is 33.1 Å². The Kier molecular flexibility index (Phi) is 7.23. The summed E-state index contributed by atoms with van der Waals surface area (Å²) in [6, 6.07) is 17.7. The first-order valence-corrected chi connectivity index (χ1v) is 11.7. The Balaban J connectivity index is 1.58. The lowest BCUT2D eigenvalue weighted by Gasteiger charge is -2.26. The van der Waals surface area contributed by atoms with Crippen LogP contribution in [0.5, 0.6) is 5.75 Å². The van der Waals surface area contributed by atoms with Crippen LogP contribution in [0.2, 0.25) is 0 Å². The molecule has 0 radical (unpaired) electrons. The van der Waals surface area contributed by atoms with Gasteiger partial charge in [0.2, 0.25) is 0 Å². The Morgan fingerprint density at radius 1 is 0.970 bits per heavy atom. The molecule has 33 heavy (non-hydrogen) atoms. The van der Waals surface area contributed by atoms with Crippen LogP contribution in [0.4, 0.5) is 5.82 Å². The van der Waals surface area contributed by atoms with E-state index in [0.29, 0.717) is 6.54 Å². The van der Waals surface area contributed by atoms with Gasteiger partial charge in [-0.1, -0.05) is 37.3 Å². The molecule has 1 saturated heterocycles. The van der Waals surface area contributed by atoms with E-state index >= 15 is 0 Å². The van der Waals surface area contributed by atoms with Crippen LogP contribution in [0, 0.1) is 6.92 Å². The molecule has 172 valence electrons. The van der Waals surface area contributed by atoms with E-state index in [1.165, 1.54) is 11.1 Å². The first kappa shape index (κ1) is 22.8. The molecule has 6 heteroatoms. The molecule has 0 saturated carbocycles. The molecule has 3 aromatic rings. The van der Waals surface area contributed by atoms with Crippen molar-refractivity contribution in [1.82, 2.24) is 14.9 Å². The Morgan fingerprint density at radius 3 is 2.42 bits per heavy atom. The zero-order valence-electron chi connectivity index (χ0n) is 19.8. The molecule has 0 N–H and O–H groups in total. The highest BCUT2D eigenvalue weighted by atomic mass is 16.5. The quantitative estimate of drug-likeness (QED) is 0.567. The van der Waals surface area contributed by atoms with Crippen molar-refractivity contribution < 1.29 is 9.53 Å². The number of carbonyl (C=O) groups is 1. The van der Waals surface area contributed by atoms with E-state index in [-0.39, 0.29) is 5.91 Å². The second-order valence-corrected chi connectivity index (χ2v) is 8.40. The normalized spacial score (nSPS) is 14.2. The fourth-order valence-corrected chi connectivity index (χ4v) is 4.42. The number of rotatable bonds is 6. The molecule has 0 atom stereocenters. The summed E-state index contributed by atoms with van der Waals surface area (Å²) in [7, 11) is 1.68. The molecule has 1 fully saturated rings. The molecular formula is C27H32N4O2. The third kappa shape index (κ3) is 5.33. The number of hydrogen-bond acceptors (Lipinski definition) is 5. The van der Waals surface area contributed by atoms with E-state index in [1.54, 1.807) is 7.11 Å². The standard InChI is InChI=1S/C27H32N4O2/c1-4-25-24(19-21-11-13-23(33-3)14-12-21)26(29-20(2)28-25)30-15-8-16-31(18-17-30)27(32)22-9-6-5-7-10-22/h5-7,9-14H,4,8,15-19H2,1-3H3. The average Bonchev–Trinajstić information content (AvgIpc) is 3.11. The van der Waals surface area contributed by atoms with Crippen LogP contribution in [-0.2, 0) is 12.8 Å². The number of hydrogen-bond donors (Lipinski definition) is 0. The van der Waals surface area contributed by atoms with E-state index < -0.39 is 0 Å². The van der Waals surface area contributed by atoms with Gasteiger partial charge in [-0.3, -0.25) is 4.79 Å². The summed E-state index contributed by atoms with van der Waals surface area (Å²) in [4.78, 5) is 26.9. The van der Waals surface area contributed by atoms with Crippen molar-refractivity contribution in [1.29, 1.82) is 0 Å². The van der Waals surface area contributed by atoms with Crippen molar-refractivity contribution in [3.63, 3.8) is 0 Å². The first-order chi connectivity index (χ1) is 16.1. The lowest BCUT2D eigenvalue weighted by Crippen LogP contribution is -2.35. The second kappa shape index (κ2) is 10.5. The molecular weight excluding hydrogens is 412 g/mol. The lowest BCUT2D eigenvalue weighted by molar-refractivity contribution is 0.0767. The molecule has 1 aliphatic rings. The largest absolute Gasteiger partial charge is 0.497 e. The highest BCUT2D eigenvalue weighted by Gasteiger charge is 2.24. The molecule has 6 nitrogen and oxygen atoms in total. The van der Waals surface area contributed by atoms with Crippen LogP contribution in [-0.4, -0.2) is 54.1 Å². The van der Waals surface area contributed by atoms with Gasteiger partial charge in [0.15, 0.2) is 0 Å². The average molecular weight is 445 g/mol. The highest BCUT2D eigenvalue weighted by molar-refractivity contribution is 5.94. The van der Waals surface area contributed by atoms with Crippen molar-refractivity contribution in [2.24, 2.45) is 0 Å². The maximum absolute atomic E-state index is 13.0. The van der Waals surface area contributed by atoms with E-state index in [4.69, 9.17) is 14.7 Å². The van der Waals surface area contributed by atoms with Gasteiger partial charge in [-0.15, -0.1) is 0 Å². The van der Waals surface area contributed by atoms with Gasteiger partial charge in [0.05, 0.1) is 7.11 Å². The number of aryl methyl sites for hydroxylation is 2. The van der Waals surface area contributed by atoms with Gasteiger partial charge in [-0.25, -0.2) is 9.97 Å². The number of anilines is 1. The van der Waals surface area contributed by atoms with E-state index in [2.05, 4.69) is 24.0 Å². The Labute approximate surface area is 196 Å². The summed E-state index contributed by atoms with van der Waals surface area (Å²) in [5.41, 5.74) is 4.22. The molecule has 1 aromatic heterocycles. The van der Waals surface area contributed by atoms with Gasteiger partial charge in [-0.05, 0) is 49.6 Å². The summed E-state index contributed by atoms with van der Waals surface area (Å²) in [6.45, 7) is 7.17. The fourth-order valence-electron chi connectivity index (χ4n) is 4.42. The molecule has 1 amide bonds. The van der Waals surface area contributed by atoms with Crippen LogP contribution >= 0.6 is 0 Å². The third-order valence-electron chi connectivity index (χ3n) is 6.16. The van der Waals surface area contributed by atoms with Crippen LogP contribution in [0.15, 0.2) is 54.6 Å². The van der Waals surface area contributed by atoms with Crippen molar-refractivity contribution in [3.8, 4) is 5.75 Å². The molecule has 0 aliphatic carbocycles. The van der Waals surface area contributed by atoms with Gasteiger partial charge in [0.25, 0.3) is 5.91 Å². The molecule has 0 bridgehead atoms. The smallest absolute Gasteiger partial charge is 0.253 e. The lowest BCUT2D eigenvalue weighted by atomic mass is 10.0. The van der Waals surface area contributed by atoms with Crippen molar-refractivity contribution in [2.75, 3.05) is 38.2 Å². The fraction of sp³-hybridized carbons (Fsp3) is 0.370. The number of amides is 1. The molecule has 1 aliphatic heterocycles. The topological polar surface area (TPSA) is 58.6 Å². The number of methoxy groups -OCH3 is 1. The van der Waals surface area contributed by atoms with Crippen LogP contribution in [0.25, 0.3) is 0 Å². The van der Waals surface area contributed by atoms with E-state index in [0.717, 1.165) is 67.5 Å². The van der Waals surface area contributed by atoms with Crippen LogP contribution in [0.3, 0.4) is 0 Å². The number of aromatic nitrogens is 2. The highest BCUT2D eigenvalue weighted by Crippen LogP contribution is 2.27. The van der Waals surface area contributed by atoms with Gasteiger partial charge >= 0.3 is 0 Å². The second-order valence-electron chi connectivity index (χ2n) is 8.40. The van der Waals surface area contributed by atoms with E-state index in [9.17, 15) is 4.79 Å². The van der Waals surface area contributed by atoms with Crippen LogP contribution in [0.1, 0.15) is 46.3 Å². The molecule has 2 heterocycles. The Hall–Kier alpha value is -3.41. The molecule has 4 rings (SSSR count). The minimum atomic E-state index is 0.101. The van der Waals surface area contributed by atoms with Crippen molar-refractivity contribution >= 4 is 11.7 Å². The predicted molar refractivity (Wildman–Crippen MR) is 131 cm³/mol. The maximum atomic E-state index is 13.0. The Bertz CT molecular complexity index is 1080. The number of ether oxygens (including phenoxy) is 1. The summed E-state index contributed by atoms with van der Waals surface area (Å²) in [5.74, 6) is 2.75. The predicted octanol–water partition coefficient (Wildman–Crippen LogP) is 4.30. The van der Waals surface area contributed by atoms with Gasteiger partial charge in [-0.2, -0.15) is 0 Å². The zero-order chi connectivity index (χ0) is 23.2. The number of carbonyl (C=O) groups excluding carboxylic acids is 1. The summed E-state index contributed by atoms with van der Waals surface area (Å²) in [6.07, 6.45) is 2.53. The van der Waals surface area contributed by atoms with Crippen molar-refractivity contribution in [3.05, 3.63) is 82.8 Å². The molecule has 2 aromatic carbocycles. The molecule has 0 unspecified atom stereocenters.